The Labute approximate surface area is 88.1 Å². The SMILES string of the molecule is CSCC[C@@H](N)C(=O)NC(CO)CO. The zero-order chi connectivity index (χ0) is 11.0. The van der Waals surface area contributed by atoms with Crippen LogP contribution in [0.4, 0.5) is 0 Å². The molecule has 1 amide bonds. The minimum Gasteiger partial charge on any atom is -0.394 e. The highest BCUT2D eigenvalue weighted by Gasteiger charge is 2.16. The standard InChI is InChI=1S/C8H18N2O3S/c1-14-3-2-7(9)8(13)10-6(4-11)5-12/h6-7,11-12H,2-5,9H2,1H3,(H,10,13)/t7-/m1/s1. The zero-order valence-electron chi connectivity index (χ0n) is 8.27. The molecule has 0 aliphatic rings. The van der Waals surface area contributed by atoms with Crippen molar-refractivity contribution < 1.29 is 15.0 Å². The molecule has 0 aliphatic carbocycles. The lowest BCUT2D eigenvalue weighted by Gasteiger charge is -2.16. The summed E-state index contributed by atoms with van der Waals surface area (Å²) < 4.78 is 0. The number of amides is 1. The largest absolute Gasteiger partial charge is 0.394 e. The summed E-state index contributed by atoms with van der Waals surface area (Å²) >= 11 is 1.62. The second-order valence-electron chi connectivity index (χ2n) is 2.96. The van der Waals surface area contributed by atoms with E-state index in [9.17, 15) is 4.79 Å². The number of aliphatic hydroxyl groups excluding tert-OH is 2. The van der Waals surface area contributed by atoms with Crippen molar-refractivity contribution in [2.45, 2.75) is 18.5 Å². The van der Waals surface area contributed by atoms with Crippen molar-refractivity contribution in [2.24, 2.45) is 5.73 Å². The van der Waals surface area contributed by atoms with E-state index in [-0.39, 0.29) is 19.1 Å². The molecule has 0 radical (unpaired) electrons. The van der Waals surface area contributed by atoms with Gasteiger partial charge in [-0.05, 0) is 18.4 Å². The maximum atomic E-state index is 11.3. The van der Waals surface area contributed by atoms with Crippen molar-refractivity contribution in [3.63, 3.8) is 0 Å². The molecule has 0 unspecified atom stereocenters. The van der Waals surface area contributed by atoms with E-state index in [2.05, 4.69) is 5.32 Å². The highest BCUT2D eigenvalue weighted by atomic mass is 32.2. The molecule has 0 spiro atoms. The van der Waals surface area contributed by atoms with Crippen LogP contribution in [0.25, 0.3) is 0 Å². The molecular formula is C8H18N2O3S. The highest BCUT2D eigenvalue weighted by Crippen LogP contribution is 1.98. The number of nitrogens with one attached hydrogen (secondary N) is 1. The first-order chi connectivity index (χ1) is 6.65. The Morgan fingerprint density at radius 1 is 1.50 bits per heavy atom. The Hall–Kier alpha value is -0.300. The number of hydrogen-bond donors (Lipinski definition) is 4. The van der Waals surface area contributed by atoms with Gasteiger partial charge in [0.05, 0.1) is 25.3 Å². The normalized spacial score (nSPS) is 12.9. The van der Waals surface area contributed by atoms with Crippen LogP contribution in [-0.2, 0) is 4.79 Å². The molecule has 84 valence electrons. The number of thioether (sulfide) groups is 1. The van der Waals surface area contributed by atoms with Gasteiger partial charge < -0.3 is 21.3 Å². The molecule has 0 saturated heterocycles. The van der Waals surface area contributed by atoms with Gasteiger partial charge in [0.25, 0.3) is 0 Å². The van der Waals surface area contributed by atoms with E-state index in [0.29, 0.717) is 6.42 Å². The molecule has 0 aliphatic heterocycles. The first-order valence-corrected chi connectivity index (χ1v) is 5.81. The summed E-state index contributed by atoms with van der Waals surface area (Å²) in [6.45, 7) is -0.561. The molecule has 0 bridgehead atoms. The number of rotatable bonds is 7. The Morgan fingerprint density at radius 2 is 2.07 bits per heavy atom. The third-order valence-electron chi connectivity index (χ3n) is 1.76. The average Bonchev–Trinajstić information content (AvgIpc) is 2.21. The van der Waals surface area contributed by atoms with Gasteiger partial charge in [-0.15, -0.1) is 0 Å². The molecule has 0 aromatic heterocycles. The van der Waals surface area contributed by atoms with Crippen molar-refractivity contribution in [1.82, 2.24) is 5.32 Å². The quantitative estimate of drug-likeness (QED) is 0.422. The van der Waals surface area contributed by atoms with E-state index in [4.69, 9.17) is 15.9 Å². The summed E-state index contributed by atoms with van der Waals surface area (Å²) in [4.78, 5) is 11.3. The maximum Gasteiger partial charge on any atom is 0.237 e. The molecule has 5 nitrogen and oxygen atoms in total. The summed E-state index contributed by atoms with van der Waals surface area (Å²) in [6, 6.07) is -1.18. The van der Waals surface area contributed by atoms with E-state index in [0.717, 1.165) is 5.75 Å². The topological polar surface area (TPSA) is 95.6 Å². The molecule has 14 heavy (non-hydrogen) atoms. The van der Waals surface area contributed by atoms with Crippen LogP contribution in [-0.4, -0.2) is 53.4 Å². The smallest absolute Gasteiger partial charge is 0.237 e. The number of carbonyl (C=O) groups is 1. The van der Waals surface area contributed by atoms with Crippen molar-refractivity contribution >= 4 is 17.7 Å². The molecule has 0 saturated carbocycles. The van der Waals surface area contributed by atoms with Gasteiger partial charge in [0.2, 0.25) is 5.91 Å². The number of nitrogens with two attached hydrogens (primary N) is 1. The summed E-state index contributed by atoms with van der Waals surface area (Å²) in [5, 5.41) is 19.9. The van der Waals surface area contributed by atoms with Gasteiger partial charge in [-0.2, -0.15) is 11.8 Å². The van der Waals surface area contributed by atoms with Gasteiger partial charge in [-0.25, -0.2) is 0 Å². The molecule has 0 aromatic rings. The molecule has 0 fully saturated rings. The molecule has 5 N–H and O–H groups in total. The van der Waals surface area contributed by atoms with E-state index in [1.807, 2.05) is 6.26 Å². The summed E-state index contributed by atoms with van der Waals surface area (Å²) in [5.41, 5.74) is 5.57. The fourth-order valence-electron chi connectivity index (χ4n) is 0.833. The van der Waals surface area contributed by atoms with Gasteiger partial charge >= 0.3 is 0 Å². The molecule has 0 aromatic carbocycles. The van der Waals surface area contributed by atoms with E-state index in [1.165, 1.54) is 0 Å². The highest BCUT2D eigenvalue weighted by molar-refractivity contribution is 7.98. The molecular weight excluding hydrogens is 204 g/mol. The van der Waals surface area contributed by atoms with Crippen LogP contribution in [0.1, 0.15) is 6.42 Å². The third kappa shape index (κ3) is 5.43. The van der Waals surface area contributed by atoms with E-state index in [1.54, 1.807) is 11.8 Å². The first-order valence-electron chi connectivity index (χ1n) is 4.42. The van der Waals surface area contributed by atoms with Crippen LogP contribution >= 0.6 is 11.8 Å². The minimum atomic E-state index is -0.608. The van der Waals surface area contributed by atoms with Gasteiger partial charge in [0.15, 0.2) is 0 Å². The molecule has 1 atom stereocenters. The van der Waals surface area contributed by atoms with Gasteiger partial charge in [0, 0.05) is 0 Å². The number of carbonyl (C=O) groups excluding carboxylic acids is 1. The van der Waals surface area contributed by atoms with Gasteiger partial charge in [-0.3, -0.25) is 4.79 Å². The van der Waals surface area contributed by atoms with Crippen molar-refractivity contribution in [2.75, 3.05) is 25.2 Å². The van der Waals surface area contributed by atoms with E-state index >= 15 is 0 Å². The van der Waals surface area contributed by atoms with Crippen LogP contribution in [0.15, 0.2) is 0 Å². The minimum absolute atomic E-state index is 0.280. The summed E-state index contributed by atoms with van der Waals surface area (Å²) in [7, 11) is 0. The Balaban J connectivity index is 3.81. The fourth-order valence-corrected chi connectivity index (χ4v) is 1.32. The first kappa shape index (κ1) is 13.7. The van der Waals surface area contributed by atoms with Crippen LogP contribution in [0.3, 0.4) is 0 Å². The second kappa shape index (κ2) is 8.05. The van der Waals surface area contributed by atoms with Crippen LogP contribution in [0, 0.1) is 0 Å². The predicted molar refractivity (Wildman–Crippen MR) is 57.1 cm³/mol. The van der Waals surface area contributed by atoms with Crippen LogP contribution in [0.2, 0.25) is 0 Å². The lowest BCUT2D eigenvalue weighted by molar-refractivity contribution is -0.123. The number of aliphatic hydroxyl groups is 2. The monoisotopic (exact) mass is 222 g/mol. The maximum absolute atomic E-state index is 11.3. The van der Waals surface area contributed by atoms with Crippen molar-refractivity contribution in [1.29, 1.82) is 0 Å². The third-order valence-corrected chi connectivity index (χ3v) is 2.40. The van der Waals surface area contributed by atoms with Crippen LogP contribution in [0.5, 0.6) is 0 Å². The lowest BCUT2D eigenvalue weighted by Crippen LogP contribution is -2.48. The molecule has 0 rings (SSSR count). The summed E-state index contributed by atoms with van der Waals surface area (Å²) in [6.07, 6.45) is 2.53. The molecule has 6 heteroatoms. The average molecular weight is 222 g/mol. The Morgan fingerprint density at radius 3 is 2.50 bits per heavy atom. The number of hydrogen-bond acceptors (Lipinski definition) is 5. The second-order valence-corrected chi connectivity index (χ2v) is 3.94. The predicted octanol–water partition coefficient (Wildman–Crippen LogP) is -1.46. The van der Waals surface area contributed by atoms with Gasteiger partial charge in [0.1, 0.15) is 0 Å². The Bertz CT molecular complexity index is 165. The fraction of sp³-hybridized carbons (Fsp3) is 0.875. The van der Waals surface area contributed by atoms with Gasteiger partial charge in [-0.1, -0.05) is 0 Å². The van der Waals surface area contributed by atoms with Crippen LogP contribution < -0.4 is 11.1 Å². The van der Waals surface area contributed by atoms with Crippen molar-refractivity contribution in [3.8, 4) is 0 Å². The summed E-state index contributed by atoms with van der Waals surface area (Å²) in [5.74, 6) is 0.490. The molecule has 0 heterocycles. The van der Waals surface area contributed by atoms with E-state index < -0.39 is 12.1 Å². The lowest BCUT2D eigenvalue weighted by atomic mass is 10.2. The van der Waals surface area contributed by atoms with Crippen molar-refractivity contribution in [3.05, 3.63) is 0 Å². The zero-order valence-corrected chi connectivity index (χ0v) is 9.09. The Kier molecular flexibility index (Phi) is 7.87.